The maximum Gasteiger partial charge on any atom is 0.268 e. The number of nitrogens with zero attached hydrogens (tertiary/aromatic N) is 2. The molecule has 6 heteroatoms. The first-order valence-electron chi connectivity index (χ1n) is 6.92. The van der Waals surface area contributed by atoms with E-state index in [0.717, 1.165) is 18.4 Å². The molecule has 1 fully saturated rings. The number of nitrogens with two attached hydrogens (primary N) is 1. The third kappa shape index (κ3) is 2.99. The molecular formula is C15H18N4O2. The summed E-state index contributed by atoms with van der Waals surface area (Å²) in [4.78, 5) is 16.3. The maximum atomic E-state index is 12.3. The SMILES string of the molecule is COc1cc(CNC(=O)c2cc(N)cn2C2CC2)ccn1. The van der Waals surface area contributed by atoms with Crippen LogP contribution in [-0.2, 0) is 6.54 Å². The Hall–Kier alpha value is -2.50. The van der Waals surface area contributed by atoms with Crippen LogP contribution in [-0.4, -0.2) is 22.6 Å². The summed E-state index contributed by atoms with van der Waals surface area (Å²) in [5.74, 6) is 0.418. The molecule has 0 unspecified atom stereocenters. The van der Waals surface area contributed by atoms with Crippen LogP contribution in [0.1, 0.15) is 34.9 Å². The first kappa shape index (κ1) is 13.5. The van der Waals surface area contributed by atoms with E-state index in [2.05, 4.69) is 10.3 Å². The van der Waals surface area contributed by atoms with Crippen molar-refractivity contribution in [3.8, 4) is 5.88 Å². The van der Waals surface area contributed by atoms with E-state index in [1.807, 2.05) is 16.8 Å². The van der Waals surface area contributed by atoms with E-state index in [1.54, 1.807) is 25.4 Å². The zero-order chi connectivity index (χ0) is 14.8. The van der Waals surface area contributed by atoms with Crippen molar-refractivity contribution in [3.63, 3.8) is 0 Å². The van der Waals surface area contributed by atoms with E-state index in [4.69, 9.17) is 10.5 Å². The van der Waals surface area contributed by atoms with Crippen molar-refractivity contribution >= 4 is 11.6 Å². The molecule has 1 saturated carbocycles. The number of pyridine rings is 1. The highest BCUT2D eigenvalue weighted by atomic mass is 16.5. The van der Waals surface area contributed by atoms with Crippen molar-refractivity contribution in [2.75, 3.05) is 12.8 Å². The number of ether oxygens (including phenoxy) is 1. The van der Waals surface area contributed by atoms with Crippen molar-refractivity contribution < 1.29 is 9.53 Å². The van der Waals surface area contributed by atoms with Crippen molar-refractivity contribution in [2.45, 2.75) is 25.4 Å². The van der Waals surface area contributed by atoms with E-state index >= 15 is 0 Å². The van der Waals surface area contributed by atoms with Gasteiger partial charge in [0.2, 0.25) is 5.88 Å². The van der Waals surface area contributed by atoms with E-state index in [9.17, 15) is 4.79 Å². The summed E-state index contributed by atoms with van der Waals surface area (Å²) in [5, 5.41) is 2.90. The Morgan fingerprint density at radius 2 is 2.33 bits per heavy atom. The number of methoxy groups -OCH3 is 1. The molecule has 21 heavy (non-hydrogen) atoms. The van der Waals surface area contributed by atoms with Gasteiger partial charge in [0.15, 0.2) is 0 Å². The topological polar surface area (TPSA) is 82.2 Å². The average Bonchev–Trinajstić information content (AvgIpc) is 3.27. The zero-order valence-corrected chi connectivity index (χ0v) is 11.9. The highest BCUT2D eigenvalue weighted by molar-refractivity contribution is 5.93. The van der Waals surface area contributed by atoms with Crippen molar-refractivity contribution in [2.24, 2.45) is 0 Å². The average molecular weight is 286 g/mol. The molecule has 0 atom stereocenters. The molecule has 2 aromatic heterocycles. The first-order chi connectivity index (χ1) is 10.2. The third-order valence-electron chi connectivity index (χ3n) is 3.50. The number of nitrogens with one attached hydrogen (secondary N) is 1. The lowest BCUT2D eigenvalue weighted by Gasteiger charge is -2.09. The van der Waals surface area contributed by atoms with Gasteiger partial charge in [-0.15, -0.1) is 0 Å². The lowest BCUT2D eigenvalue weighted by molar-refractivity contribution is 0.0941. The highest BCUT2D eigenvalue weighted by Gasteiger charge is 2.27. The first-order valence-corrected chi connectivity index (χ1v) is 6.92. The van der Waals surface area contributed by atoms with Crippen LogP contribution in [0.15, 0.2) is 30.6 Å². The number of hydrogen-bond donors (Lipinski definition) is 2. The summed E-state index contributed by atoms with van der Waals surface area (Å²) in [6, 6.07) is 5.79. The Balaban J connectivity index is 1.69. The van der Waals surface area contributed by atoms with Gasteiger partial charge < -0.3 is 20.4 Å². The minimum Gasteiger partial charge on any atom is -0.481 e. The molecule has 1 aliphatic rings. The zero-order valence-electron chi connectivity index (χ0n) is 11.9. The normalized spacial score (nSPS) is 14.0. The molecule has 0 spiro atoms. The van der Waals surface area contributed by atoms with Crippen molar-refractivity contribution in [3.05, 3.63) is 41.9 Å². The highest BCUT2D eigenvalue weighted by Crippen LogP contribution is 2.37. The van der Waals surface area contributed by atoms with Gasteiger partial charge >= 0.3 is 0 Å². The molecule has 1 amide bonds. The lowest BCUT2D eigenvalue weighted by Crippen LogP contribution is -2.25. The summed E-state index contributed by atoms with van der Waals surface area (Å²) in [5.41, 5.74) is 7.98. The van der Waals surface area contributed by atoms with Gasteiger partial charge in [0, 0.05) is 31.0 Å². The summed E-state index contributed by atoms with van der Waals surface area (Å²) < 4.78 is 7.03. The van der Waals surface area contributed by atoms with Gasteiger partial charge in [-0.05, 0) is 30.5 Å². The predicted molar refractivity (Wildman–Crippen MR) is 79.1 cm³/mol. The number of rotatable bonds is 5. The smallest absolute Gasteiger partial charge is 0.268 e. The van der Waals surface area contributed by atoms with Crippen LogP contribution in [0.3, 0.4) is 0 Å². The number of hydrogen-bond acceptors (Lipinski definition) is 4. The van der Waals surface area contributed by atoms with Crippen LogP contribution in [0, 0.1) is 0 Å². The molecule has 0 aliphatic heterocycles. The molecule has 0 saturated heterocycles. The maximum absolute atomic E-state index is 12.3. The van der Waals surface area contributed by atoms with E-state index in [1.165, 1.54) is 0 Å². The molecule has 0 aromatic carbocycles. The molecule has 6 nitrogen and oxygen atoms in total. The molecule has 0 radical (unpaired) electrons. The van der Waals surface area contributed by atoms with E-state index < -0.39 is 0 Å². The second-order valence-corrected chi connectivity index (χ2v) is 5.19. The number of carbonyl (C=O) groups excluding carboxylic acids is 1. The molecule has 1 aliphatic carbocycles. The summed E-state index contributed by atoms with van der Waals surface area (Å²) in [7, 11) is 1.57. The fourth-order valence-corrected chi connectivity index (χ4v) is 2.28. The van der Waals surface area contributed by atoms with Gasteiger partial charge in [0.1, 0.15) is 5.69 Å². The number of carbonyl (C=O) groups is 1. The molecule has 110 valence electrons. The fourth-order valence-electron chi connectivity index (χ4n) is 2.28. The van der Waals surface area contributed by atoms with E-state index in [-0.39, 0.29) is 5.91 Å². The summed E-state index contributed by atoms with van der Waals surface area (Å²) in [6.45, 7) is 0.424. The summed E-state index contributed by atoms with van der Waals surface area (Å²) >= 11 is 0. The molecule has 2 aromatic rings. The molecule has 2 heterocycles. The Morgan fingerprint density at radius 3 is 3.05 bits per heavy atom. The minimum absolute atomic E-state index is 0.116. The van der Waals surface area contributed by atoms with E-state index in [0.29, 0.717) is 29.8 Å². The number of aromatic nitrogens is 2. The standard InChI is InChI=1S/C15H18N4O2/c1-21-14-6-10(4-5-17-14)8-18-15(20)13-7-11(16)9-19(13)12-2-3-12/h4-7,9,12H,2-3,8,16H2,1H3,(H,18,20). The summed E-state index contributed by atoms with van der Waals surface area (Å²) in [6.07, 6.45) is 5.71. The minimum atomic E-state index is -0.116. The number of amides is 1. The van der Waals surface area contributed by atoms with Crippen LogP contribution < -0.4 is 15.8 Å². The van der Waals surface area contributed by atoms with Gasteiger partial charge in [0.25, 0.3) is 5.91 Å². The Morgan fingerprint density at radius 1 is 1.52 bits per heavy atom. The lowest BCUT2D eigenvalue weighted by atomic mass is 10.2. The monoisotopic (exact) mass is 286 g/mol. The molecule has 3 N–H and O–H groups in total. The third-order valence-corrected chi connectivity index (χ3v) is 3.50. The van der Waals surface area contributed by atoms with Crippen LogP contribution in [0.5, 0.6) is 5.88 Å². The van der Waals surface area contributed by atoms with Crippen LogP contribution >= 0.6 is 0 Å². The largest absolute Gasteiger partial charge is 0.481 e. The van der Waals surface area contributed by atoms with Crippen LogP contribution in [0.25, 0.3) is 0 Å². The second kappa shape index (κ2) is 5.47. The second-order valence-electron chi connectivity index (χ2n) is 5.19. The Kier molecular flexibility index (Phi) is 3.51. The van der Waals surface area contributed by atoms with Crippen molar-refractivity contribution in [1.82, 2.24) is 14.9 Å². The van der Waals surface area contributed by atoms with Crippen LogP contribution in [0.4, 0.5) is 5.69 Å². The van der Waals surface area contributed by atoms with Gasteiger partial charge in [-0.2, -0.15) is 0 Å². The van der Waals surface area contributed by atoms with Gasteiger partial charge in [0.05, 0.1) is 12.8 Å². The predicted octanol–water partition coefficient (Wildman–Crippen LogP) is 1.74. The molecular weight excluding hydrogens is 268 g/mol. The molecule has 3 rings (SSSR count). The Labute approximate surface area is 122 Å². The van der Waals surface area contributed by atoms with Crippen molar-refractivity contribution in [1.29, 1.82) is 0 Å². The number of nitrogen functional groups attached to an aromatic ring is 1. The van der Waals surface area contributed by atoms with Gasteiger partial charge in [-0.3, -0.25) is 4.79 Å². The van der Waals surface area contributed by atoms with Gasteiger partial charge in [-0.1, -0.05) is 0 Å². The molecule has 0 bridgehead atoms. The van der Waals surface area contributed by atoms with Gasteiger partial charge in [-0.25, -0.2) is 4.98 Å². The number of anilines is 1. The quantitative estimate of drug-likeness (QED) is 0.877. The fraction of sp³-hybridized carbons (Fsp3) is 0.333. The Bertz CT molecular complexity index is 661. The van der Waals surface area contributed by atoms with Crippen LogP contribution in [0.2, 0.25) is 0 Å².